The average Bonchev–Trinajstić information content (AvgIpc) is 2.55. The van der Waals surface area contributed by atoms with Crippen LogP contribution in [0.25, 0.3) is 0 Å². The van der Waals surface area contributed by atoms with Gasteiger partial charge in [-0.25, -0.2) is 0 Å². The molecule has 1 fully saturated rings. The summed E-state index contributed by atoms with van der Waals surface area (Å²) in [6.45, 7) is 2.00. The number of hydrogen-bond donors (Lipinski definition) is 2. The van der Waals surface area contributed by atoms with E-state index in [9.17, 15) is 4.79 Å². The first-order chi connectivity index (χ1) is 10.7. The summed E-state index contributed by atoms with van der Waals surface area (Å²) < 4.78 is 10.3. The second kappa shape index (κ2) is 11.4. The van der Waals surface area contributed by atoms with Crippen molar-refractivity contribution in [1.82, 2.24) is 5.32 Å². The van der Waals surface area contributed by atoms with Crippen LogP contribution in [0.1, 0.15) is 12.8 Å². The van der Waals surface area contributed by atoms with Gasteiger partial charge in [0.05, 0.1) is 19.4 Å². The molecule has 8 heteroatoms. The van der Waals surface area contributed by atoms with Gasteiger partial charge in [-0.05, 0) is 25.0 Å². The summed E-state index contributed by atoms with van der Waals surface area (Å²) >= 11 is 0. The van der Waals surface area contributed by atoms with Gasteiger partial charge in [-0.15, -0.1) is 24.8 Å². The van der Waals surface area contributed by atoms with Crippen LogP contribution in [0.15, 0.2) is 24.3 Å². The minimum atomic E-state index is -0.600. The third-order valence-corrected chi connectivity index (χ3v) is 3.95. The lowest BCUT2D eigenvalue weighted by atomic mass is 10.0. The van der Waals surface area contributed by atoms with E-state index >= 15 is 0 Å². The Balaban J connectivity index is 0.00000264. The minimum absolute atomic E-state index is 0. The maximum atomic E-state index is 11.9. The molecule has 1 heterocycles. The Morgan fingerprint density at radius 1 is 1.29 bits per heavy atom. The van der Waals surface area contributed by atoms with Crippen molar-refractivity contribution in [3.8, 4) is 5.75 Å². The highest BCUT2D eigenvalue weighted by Gasteiger charge is 2.24. The molecule has 0 spiro atoms. The molecule has 0 bridgehead atoms. The first-order valence-electron chi connectivity index (χ1n) is 7.58. The van der Waals surface area contributed by atoms with E-state index in [2.05, 4.69) is 16.3 Å². The number of nitrogens with one attached hydrogen (secondary N) is 1. The largest absolute Gasteiger partial charge is 0.495 e. The summed E-state index contributed by atoms with van der Waals surface area (Å²) in [5.41, 5.74) is 6.84. The third-order valence-electron chi connectivity index (χ3n) is 3.95. The Labute approximate surface area is 155 Å². The van der Waals surface area contributed by atoms with E-state index in [1.54, 1.807) is 14.2 Å². The molecule has 1 aliphatic rings. The van der Waals surface area contributed by atoms with Gasteiger partial charge in [0.25, 0.3) is 0 Å². The highest BCUT2D eigenvalue weighted by atomic mass is 35.5. The SMILES string of the molecule is COCC(N)C(=O)NC1CCN(c2ccccc2OC)CC1.Cl.Cl. The number of anilines is 1. The number of nitrogens with zero attached hydrogens (tertiary/aromatic N) is 1. The zero-order valence-corrected chi connectivity index (χ0v) is 15.7. The van der Waals surface area contributed by atoms with Gasteiger partial charge in [-0.3, -0.25) is 4.79 Å². The third kappa shape index (κ3) is 6.02. The number of para-hydroxylation sites is 2. The van der Waals surface area contributed by atoms with Crippen LogP contribution in [0, 0.1) is 0 Å². The molecule has 0 saturated carbocycles. The summed E-state index contributed by atoms with van der Waals surface area (Å²) in [6.07, 6.45) is 1.78. The molecule has 3 N–H and O–H groups in total. The Morgan fingerprint density at radius 3 is 2.50 bits per heavy atom. The molecule has 2 rings (SSSR count). The number of hydrogen-bond acceptors (Lipinski definition) is 5. The normalized spacial score (nSPS) is 15.7. The lowest BCUT2D eigenvalue weighted by Crippen LogP contribution is -2.51. The quantitative estimate of drug-likeness (QED) is 0.784. The molecule has 1 aromatic rings. The molecule has 138 valence electrons. The molecular weight excluding hydrogens is 353 g/mol. The topological polar surface area (TPSA) is 76.8 Å². The summed E-state index contributed by atoms with van der Waals surface area (Å²) in [4.78, 5) is 14.2. The zero-order chi connectivity index (χ0) is 15.9. The minimum Gasteiger partial charge on any atom is -0.495 e. The lowest BCUT2D eigenvalue weighted by Gasteiger charge is -2.35. The standard InChI is InChI=1S/C16H25N3O3.2ClH/c1-21-11-13(17)16(20)18-12-7-9-19(10-8-12)14-5-3-4-6-15(14)22-2;;/h3-6,12-13H,7-11,17H2,1-2H3,(H,18,20);2*1H. The molecule has 0 aromatic heterocycles. The zero-order valence-electron chi connectivity index (χ0n) is 14.1. The van der Waals surface area contributed by atoms with Gasteiger partial charge in [0, 0.05) is 26.2 Å². The van der Waals surface area contributed by atoms with Gasteiger partial charge in [0.1, 0.15) is 11.8 Å². The first-order valence-corrected chi connectivity index (χ1v) is 7.58. The molecule has 6 nitrogen and oxygen atoms in total. The second-order valence-electron chi connectivity index (χ2n) is 5.50. The van der Waals surface area contributed by atoms with Crippen LogP contribution in [-0.4, -0.2) is 51.9 Å². The van der Waals surface area contributed by atoms with Crippen molar-refractivity contribution in [2.75, 3.05) is 38.8 Å². The molecule has 1 atom stereocenters. The smallest absolute Gasteiger partial charge is 0.239 e. The number of benzene rings is 1. The van der Waals surface area contributed by atoms with E-state index in [0.29, 0.717) is 0 Å². The number of amides is 1. The number of piperidine rings is 1. The number of ether oxygens (including phenoxy) is 2. The summed E-state index contributed by atoms with van der Waals surface area (Å²) in [5, 5.41) is 3.00. The van der Waals surface area contributed by atoms with Crippen molar-refractivity contribution in [1.29, 1.82) is 0 Å². The van der Waals surface area contributed by atoms with Crippen molar-refractivity contribution in [3.05, 3.63) is 24.3 Å². The molecule has 1 aliphatic heterocycles. The summed E-state index contributed by atoms with van der Waals surface area (Å²) in [7, 11) is 3.22. The van der Waals surface area contributed by atoms with Crippen LogP contribution in [0.3, 0.4) is 0 Å². The van der Waals surface area contributed by atoms with Crippen molar-refractivity contribution < 1.29 is 14.3 Å². The van der Waals surface area contributed by atoms with Gasteiger partial charge < -0.3 is 25.4 Å². The Kier molecular flexibility index (Phi) is 10.8. The van der Waals surface area contributed by atoms with Crippen LogP contribution >= 0.6 is 24.8 Å². The van der Waals surface area contributed by atoms with Crippen LogP contribution in [0.4, 0.5) is 5.69 Å². The molecule has 0 aliphatic carbocycles. The predicted molar refractivity (Wildman–Crippen MR) is 101 cm³/mol. The predicted octanol–water partition coefficient (Wildman–Crippen LogP) is 1.60. The average molecular weight is 380 g/mol. The van der Waals surface area contributed by atoms with Gasteiger partial charge >= 0.3 is 0 Å². The summed E-state index contributed by atoms with van der Waals surface area (Å²) in [5.74, 6) is 0.740. The maximum absolute atomic E-state index is 11.9. The molecule has 0 radical (unpaired) electrons. The number of carbonyl (C=O) groups is 1. The highest BCUT2D eigenvalue weighted by Crippen LogP contribution is 2.29. The number of carbonyl (C=O) groups excluding carboxylic acids is 1. The highest BCUT2D eigenvalue weighted by molar-refractivity contribution is 5.85. The molecule has 1 amide bonds. The maximum Gasteiger partial charge on any atom is 0.239 e. The number of rotatable bonds is 6. The lowest BCUT2D eigenvalue weighted by molar-refractivity contribution is -0.124. The Hall–Kier alpha value is -1.21. The number of halogens is 2. The van der Waals surface area contributed by atoms with Gasteiger partial charge in [-0.1, -0.05) is 12.1 Å². The monoisotopic (exact) mass is 379 g/mol. The molecule has 1 saturated heterocycles. The second-order valence-corrected chi connectivity index (χ2v) is 5.50. The van der Waals surface area contributed by atoms with Crippen molar-refractivity contribution in [2.24, 2.45) is 5.73 Å². The van der Waals surface area contributed by atoms with Crippen molar-refractivity contribution in [3.63, 3.8) is 0 Å². The van der Waals surface area contributed by atoms with Crippen LogP contribution in [0.2, 0.25) is 0 Å². The Bertz CT molecular complexity index is 497. The molecule has 24 heavy (non-hydrogen) atoms. The molecule has 1 aromatic carbocycles. The fraction of sp³-hybridized carbons (Fsp3) is 0.562. The molecule has 1 unspecified atom stereocenters. The van der Waals surface area contributed by atoms with Gasteiger partial charge in [0.15, 0.2) is 0 Å². The fourth-order valence-electron chi connectivity index (χ4n) is 2.72. The molecular formula is C16H27Cl2N3O3. The summed E-state index contributed by atoms with van der Waals surface area (Å²) in [6, 6.07) is 7.57. The van der Waals surface area contributed by atoms with Crippen LogP contribution < -0.4 is 20.7 Å². The van der Waals surface area contributed by atoms with Gasteiger partial charge in [-0.2, -0.15) is 0 Å². The van der Waals surface area contributed by atoms with Crippen molar-refractivity contribution >= 4 is 36.4 Å². The van der Waals surface area contributed by atoms with E-state index in [0.717, 1.165) is 37.4 Å². The first kappa shape index (κ1) is 22.8. The van der Waals surface area contributed by atoms with E-state index in [1.807, 2.05) is 18.2 Å². The van der Waals surface area contributed by atoms with Crippen molar-refractivity contribution in [2.45, 2.75) is 24.9 Å². The number of nitrogens with two attached hydrogens (primary N) is 1. The van der Waals surface area contributed by atoms with E-state index in [4.69, 9.17) is 15.2 Å². The Morgan fingerprint density at radius 2 is 1.92 bits per heavy atom. The fourth-order valence-corrected chi connectivity index (χ4v) is 2.72. The van der Waals surface area contributed by atoms with E-state index < -0.39 is 6.04 Å². The van der Waals surface area contributed by atoms with Crippen LogP contribution in [-0.2, 0) is 9.53 Å². The van der Waals surface area contributed by atoms with Crippen LogP contribution in [0.5, 0.6) is 5.75 Å². The van der Waals surface area contributed by atoms with E-state index in [-0.39, 0.29) is 43.4 Å². The number of methoxy groups -OCH3 is 2. The van der Waals surface area contributed by atoms with Gasteiger partial charge in [0.2, 0.25) is 5.91 Å². The van der Waals surface area contributed by atoms with E-state index in [1.165, 1.54) is 0 Å².